The molecule has 0 heterocycles. The molecule has 0 bridgehead atoms. The Balaban J connectivity index is 1.71. The van der Waals surface area contributed by atoms with Crippen molar-refractivity contribution in [3.05, 3.63) is 11.6 Å². The van der Waals surface area contributed by atoms with Crippen LogP contribution >= 0.6 is 0 Å². The van der Waals surface area contributed by atoms with E-state index in [1.54, 1.807) is 13.0 Å². The van der Waals surface area contributed by atoms with E-state index in [0.29, 0.717) is 30.0 Å². The monoisotopic (exact) mass is 330 g/mol. The van der Waals surface area contributed by atoms with E-state index in [9.17, 15) is 14.7 Å². The van der Waals surface area contributed by atoms with Crippen LogP contribution in [-0.4, -0.2) is 22.8 Å². The number of aliphatic hydroxyl groups is 1. The molecule has 1 unspecified atom stereocenters. The lowest BCUT2D eigenvalue weighted by atomic mass is 9.46. The fourth-order valence-electron chi connectivity index (χ4n) is 7.27. The first-order valence-electron chi connectivity index (χ1n) is 9.71. The first kappa shape index (κ1) is 16.5. The molecule has 0 aromatic carbocycles. The second kappa shape index (κ2) is 5.27. The number of fused-ring (bicyclic) bond motifs is 5. The molecule has 132 valence electrons. The van der Waals surface area contributed by atoms with E-state index in [4.69, 9.17) is 0 Å². The summed E-state index contributed by atoms with van der Waals surface area (Å²) >= 11 is 0. The molecule has 4 rings (SSSR count). The highest BCUT2D eigenvalue weighted by atomic mass is 16.3. The Bertz CT molecular complexity index is 621. The Morgan fingerprint density at radius 2 is 1.92 bits per heavy atom. The van der Waals surface area contributed by atoms with Gasteiger partial charge >= 0.3 is 0 Å². The average molecular weight is 330 g/mol. The van der Waals surface area contributed by atoms with Crippen LogP contribution in [0.15, 0.2) is 11.6 Å². The summed E-state index contributed by atoms with van der Waals surface area (Å²) in [6.45, 7) is 6.37. The van der Waals surface area contributed by atoms with Crippen LogP contribution in [0.3, 0.4) is 0 Å². The molecule has 3 heteroatoms. The first-order valence-corrected chi connectivity index (χ1v) is 9.71. The molecule has 7 atom stereocenters. The maximum Gasteiger partial charge on any atom is 0.155 e. The molecule has 3 saturated carbocycles. The summed E-state index contributed by atoms with van der Waals surface area (Å²) in [5, 5.41) is 10.8. The van der Waals surface area contributed by atoms with Gasteiger partial charge in [-0.1, -0.05) is 13.8 Å². The molecule has 4 aliphatic rings. The van der Waals surface area contributed by atoms with E-state index in [-0.39, 0.29) is 22.5 Å². The van der Waals surface area contributed by atoms with Gasteiger partial charge in [-0.05, 0) is 85.7 Å². The highest BCUT2D eigenvalue weighted by Gasteiger charge is 2.61. The average Bonchev–Trinajstić information content (AvgIpc) is 2.87. The van der Waals surface area contributed by atoms with E-state index in [2.05, 4.69) is 13.8 Å². The lowest BCUT2D eigenvalue weighted by Gasteiger charge is -2.59. The Hall–Kier alpha value is -0.960. The van der Waals surface area contributed by atoms with E-state index >= 15 is 0 Å². The van der Waals surface area contributed by atoms with Gasteiger partial charge in [-0.25, -0.2) is 0 Å². The molecular weight excluding hydrogens is 300 g/mol. The van der Waals surface area contributed by atoms with Gasteiger partial charge in [0.05, 0.1) is 6.10 Å². The zero-order valence-corrected chi connectivity index (χ0v) is 15.2. The Morgan fingerprint density at radius 1 is 1.17 bits per heavy atom. The van der Waals surface area contributed by atoms with Gasteiger partial charge in [0.2, 0.25) is 0 Å². The maximum atomic E-state index is 12.2. The van der Waals surface area contributed by atoms with Gasteiger partial charge in [0.25, 0.3) is 0 Å². The van der Waals surface area contributed by atoms with Crippen LogP contribution in [0.1, 0.15) is 65.7 Å². The van der Waals surface area contributed by atoms with Crippen LogP contribution in [0.4, 0.5) is 0 Å². The van der Waals surface area contributed by atoms with Gasteiger partial charge in [-0.3, -0.25) is 9.59 Å². The second-order valence-electron chi connectivity index (χ2n) is 9.40. The molecule has 0 spiro atoms. The fraction of sp³-hybridized carbons (Fsp3) is 0.810. The molecule has 0 aromatic heterocycles. The third kappa shape index (κ3) is 2.06. The molecule has 3 fully saturated rings. The largest absolute Gasteiger partial charge is 0.389 e. The van der Waals surface area contributed by atoms with Crippen molar-refractivity contribution in [2.45, 2.75) is 71.8 Å². The number of aliphatic hydroxyl groups excluding tert-OH is 1. The fourth-order valence-corrected chi connectivity index (χ4v) is 7.27. The van der Waals surface area contributed by atoms with E-state index in [1.807, 2.05) is 0 Å². The topological polar surface area (TPSA) is 54.4 Å². The summed E-state index contributed by atoms with van der Waals surface area (Å²) in [7, 11) is 0. The summed E-state index contributed by atoms with van der Waals surface area (Å²) in [6, 6.07) is 0. The van der Waals surface area contributed by atoms with E-state index in [1.165, 1.54) is 0 Å². The molecule has 0 aromatic rings. The molecular formula is C21H30O3. The summed E-state index contributed by atoms with van der Waals surface area (Å²) in [5.74, 6) is 2.35. The minimum absolute atomic E-state index is 0.0219. The number of carbonyl (C=O) groups excluding carboxylic acids is 2. The van der Waals surface area contributed by atoms with E-state index < -0.39 is 6.10 Å². The predicted octanol–water partition coefficient (Wildman–Crippen LogP) is 3.69. The Kier molecular flexibility index (Phi) is 3.62. The number of Topliss-reactive ketones (excluding diaryl/α,β-unsaturated/α-hetero) is 1. The molecule has 1 N–H and O–H groups in total. The van der Waals surface area contributed by atoms with Crippen LogP contribution < -0.4 is 0 Å². The standard InChI is InChI=1S/C21H30O3/c1-12(22)15-4-5-16-14-11-19(24)18-10-13(23)6-8-21(18,3)17(14)7-9-20(15,16)2/h10,14-17,19,24H,4-9,11H2,1-3H3/t14-,15+,16-,17-,19?,20+,21+/m0/s1. The van der Waals surface area contributed by atoms with Gasteiger partial charge in [0, 0.05) is 12.3 Å². The van der Waals surface area contributed by atoms with Crippen LogP contribution in [0.2, 0.25) is 0 Å². The number of hydrogen-bond acceptors (Lipinski definition) is 3. The van der Waals surface area contributed by atoms with Gasteiger partial charge in [0.15, 0.2) is 5.78 Å². The molecule has 24 heavy (non-hydrogen) atoms. The summed E-state index contributed by atoms with van der Waals surface area (Å²) in [5.41, 5.74) is 1.10. The zero-order chi connectivity index (χ0) is 17.3. The number of hydrogen-bond donors (Lipinski definition) is 1. The number of carbonyl (C=O) groups is 2. The van der Waals surface area contributed by atoms with Crippen molar-refractivity contribution in [2.24, 2.45) is 34.5 Å². The van der Waals surface area contributed by atoms with Crippen LogP contribution in [0.25, 0.3) is 0 Å². The van der Waals surface area contributed by atoms with Crippen molar-refractivity contribution in [3.8, 4) is 0 Å². The molecule has 4 aliphatic carbocycles. The third-order valence-corrected chi connectivity index (χ3v) is 8.47. The quantitative estimate of drug-likeness (QED) is 0.797. The first-order chi connectivity index (χ1) is 11.3. The number of rotatable bonds is 1. The van der Waals surface area contributed by atoms with Crippen molar-refractivity contribution in [2.75, 3.05) is 0 Å². The van der Waals surface area contributed by atoms with Gasteiger partial charge in [-0.2, -0.15) is 0 Å². The summed E-state index contributed by atoms with van der Waals surface area (Å²) in [4.78, 5) is 24.1. The molecule has 0 radical (unpaired) electrons. The molecule has 3 nitrogen and oxygen atoms in total. The lowest BCUT2D eigenvalue weighted by molar-refractivity contribution is -0.130. The smallest absolute Gasteiger partial charge is 0.155 e. The third-order valence-electron chi connectivity index (χ3n) is 8.47. The van der Waals surface area contributed by atoms with Gasteiger partial charge < -0.3 is 5.11 Å². The van der Waals surface area contributed by atoms with E-state index in [0.717, 1.165) is 44.1 Å². The van der Waals surface area contributed by atoms with Crippen molar-refractivity contribution in [3.63, 3.8) is 0 Å². The Labute approximate surface area is 144 Å². The highest BCUT2D eigenvalue weighted by Crippen LogP contribution is 2.66. The summed E-state index contributed by atoms with van der Waals surface area (Å²) < 4.78 is 0. The van der Waals surface area contributed by atoms with Crippen LogP contribution in [0.5, 0.6) is 0 Å². The molecule has 0 amide bonds. The van der Waals surface area contributed by atoms with Crippen LogP contribution in [0, 0.1) is 34.5 Å². The van der Waals surface area contributed by atoms with Crippen molar-refractivity contribution < 1.29 is 14.7 Å². The summed E-state index contributed by atoms with van der Waals surface area (Å²) in [6.07, 6.45) is 7.97. The van der Waals surface area contributed by atoms with Crippen molar-refractivity contribution >= 4 is 11.6 Å². The SMILES string of the molecule is CC(=O)[C@H]1CC[C@H]2[C@@H]3CC(O)C4=CC(=O)CC[C@]4(C)[C@H]3CC[C@]12C. The van der Waals surface area contributed by atoms with Crippen molar-refractivity contribution in [1.82, 2.24) is 0 Å². The molecule has 0 saturated heterocycles. The lowest BCUT2D eigenvalue weighted by Crippen LogP contribution is -2.54. The van der Waals surface area contributed by atoms with Gasteiger partial charge in [-0.15, -0.1) is 0 Å². The predicted molar refractivity (Wildman–Crippen MR) is 92.3 cm³/mol. The Morgan fingerprint density at radius 3 is 2.62 bits per heavy atom. The minimum Gasteiger partial charge on any atom is -0.389 e. The zero-order valence-electron chi connectivity index (χ0n) is 15.2. The highest BCUT2D eigenvalue weighted by molar-refractivity contribution is 5.91. The second-order valence-corrected chi connectivity index (χ2v) is 9.40. The molecule has 0 aliphatic heterocycles. The number of ketones is 2. The van der Waals surface area contributed by atoms with Gasteiger partial charge in [0.1, 0.15) is 5.78 Å². The van der Waals surface area contributed by atoms with Crippen LogP contribution in [-0.2, 0) is 9.59 Å². The normalized spacial score (nSPS) is 50.6. The van der Waals surface area contributed by atoms with Crippen molar-refractivity contribution in [1.29, 1.82) is 0 Å². The maximum absolute atomic E-state index is 12.2. The minimum atomic E-state index is -0.473.